The first-order valence-corrected chi connectivity index (χ1v) is 4.74. The minimum Gasteiger partial charge on any atom is -0.298 e. The highest BCUT2D eigenvalue weighted by atomic mass is 79.9. The van der Waals surface area contributed by atoms with Crippen LogP contribution in [0.15, 0.2) is 40.9 Å². The summed E-state index contributed by atoms with van der Waals surface area (Å²) in [6, 6.07) is 11.6. The molecule has 1 nitrogen and oxygen atoms in total. The van der Waals surface area contributed by atoms with Crippen molar-refractivity contribution >= 4 is 33.0 Å². The van der Waals surface area contributed by atoms with Crippen molar-refractivity contribution in [2.45, 2.75) is 0 Å². The van der Waals surface area contributed by atoms with Gasteiger partial charge in [0.2, 0.25) is 0 Å². The van der Waals surface area contributed by atoms with Crippen molar-refractivity contribution < 1.29 is 4.79 Å². The van der Waals surface area contributed by atoms with E-state index in [1.54, 1.807) is 0 Å². The molecule has 0 atom stereocenters. The van der Waals surface area contributed by atoms with Crippen molar-refractivity contribution in [2.75, 3.05) is 0 Å². The number of aldehydes is 1. The summed E-state index contributed by atoms with van der Waals surface area (Å²) in [6.07, 6.45) is 0.861. The van der Waals surface area contributed by atoms with E-state index in [1.165, 1.54) is 0 Å². The average molecular weight is 235 g/mol. The first-order chi connectivity index (χ1) is 6.31. The molecule has 2 heteroatoms. The summed E-state index contributed by atoms with van der Waals surface area (Å²) in [6.45, 7) is 0. The highest BCUT2D eigenvalue weighted by Crippen LogP contribution is 2.23. The number of fused-ring (bicyclic) bond motifs is 1. The third-order valence-corrected chi connectivity index (χ3v) is 2.68. The van der Waals surface area contributed by atoms with E-state index in [2.05, 4.69) is 15.9 Å². The van der Waals surface area contributed by atoms with E-state index in [4.69, 9.17) is 0 Å². The SMILES string of the molecule is O=Cc1ccc2c(Br)cccc2c1. The molecule has 0 radical (unpaired) electrons. The van der Waals surface area contributed by atoms with Crippen LogP contribution in [0.3, 0.4) is 0 Å². The predicted molar refractivity (Wildman–Crippen MR) is 57.0 cm³/mol. The third-order valence-electron chi connectivity index (χ3n) is 1.99. The van der Waals surface area contributed by atoms with Crippen LogP contribution in [0.25, 0.3) is 10.8 Å². The van der Waals surface area contributed by atoms with Gasteiger partial charge in [-0.05, 0) is 22.9 Å². The predicted octanol–water partition coefficient (Wildman–Crippen LogP) is 3.41. The molecule has 0 aliphatic rings. The van der Waals surface area contributed by atoms with Crippen LogP contribution in [0, 0.1) is 0 Å². The first kappa shape index (κ1) is 8.45. The first-order valence-electron chi connectivity index (χ1n) is 3.95. The van der Waals surface area contributed by atoms with Crippen LogP contribution in [0.1, 0.15) is 10.4 Å². The molecule has 0 saturated carbocycles. The Morgan fingerprint density at radius 3 is 2.77 bits per heavy atom. The smallest absolute Gasteiger partial charge is 0.150 e. The second-order valence-electron chi connectivity index (χ2n) is 2.84. The maximum absolute atomic E-state index is 10.5. The summed E-state index contributed by atoms with van der Waals surface area (Å²) >= 11 is 3.45. The molecule has 0 N–H and O–H groups in total. The van der Waals surface area contributed by atoms with Gasteiger partial charge in [0.15, 0.2) is 0 Å². The van der Waals surface area contributed by atoms with E-state index in [0.29, 0.717) is 5.56 Å². The summed E-state index contributed by atoms with van der Waals surface area (Å²) < 4.78 is 1.06. The van der Waals surface area contributed by atoms with E-state index in [0.717, 1.165) is 21.5 Å². The van der Waals surface area contributed by atoms with Crippen LogP contribution in [0.5, 0.6) is 0 Å². The van der Waals surface area contributed by atoms with Gasteiger partial charge in [-0.1, -0.05) is 40.2 Å². The van der Waals surface area contributed by atoms with Crippen molar-refractivity contribution in [3.05, 3.63) is 46.4 Å². The van der Waals surface area contributed by atoms with Crippen LogP contribution in [-0.4, -0.2) is 6.29 Å². The zero-order valence-corrected chi connectivity index (χ0v) is 8.41. The van der Waals surface area contributed by atoms with Crippen LogP contribution in [0.4, 0.5) is 0 Å². The molecule has 0 aliphatic heterocycles. The summed E-state index contributed by atoms with van der Waals surface area (Å²) in [4.78, 5) is 10.5. The molecule has 0 aliphatic carbocycles. The fraction of sp³-hybridized carbons (Fsp3) is 0. The summed E-state index contributed by atoms with van der Waals surface area (Å²) in [5.41, 5.74) is 0.714. The van der Waals surface area contributed by atoms with Gasteiger partial charge >= 0.3 is 0 Å². The fourth-order valence-corrected chi connectivity index (χ4v) is 1.85. The Bertz CT molecular complexity index is 463. The quantitative estimate of drug-likeness (QED) is 0.692. The van der Waals surface area contributed by atoms with E-state index < -0.39 is 0 Å². The van der Waals surface area contributed by atoms with Crippen molar-refractivity contribution in [2.24, 2.45) is 0 Å². The molecule has 0 unspecified atom stereocenters. The van der Waals surface area contributed by atoms with E-state index in [9.17, 15) is 4.79 Å². The second-order valence-corrected chi connectivity index (χ2v) is 3.69. The molecule has 0 amide bonds. The highest BCUT2D eigenvalue weighted by molar-refractivity contribution is 9.10. The number of carbonyl (C=O) groups is 1. The Labute approximate surface area is 84.5 Å². The number of rotatable bonds is 1. The van der Waals surface area contributed by atoms with Gasteiger partial charge in [0.05, 0.1) is 0 Å². The lowest BCUT2D eigenvalue weighted by molar-refractivity contribution is 0.112. The van der Waals surface area contributed by atoms with Crippen LogP contribution >= 0.6 is 15.9 Å². The molecule has 0 spiro atoms. The summed E-state index contributed by atoms with van der Waals surface area (Å²) in [5, 5.41) is 2.21. The lowest BCUT2D eigenvalue weighted by Crippen LogP contribution is -1.80. The Kier molecular flexibility index (Phi) is 2.15. The van der Waals surface area contributed by atoms with Crippen molar-refractivity contribution in [3.8, 4) is 0 Å². The maximum Gasteiger partial charge on any atom is 0.150 e. The van der Waals surface area contributed by atoms with Gasteiger partial charge in [-0.2, -0.15) is 0 Å². The van der Waals surface area contributed by atoms with E-state index in [1.807, 2.05) is 36.4 Å². The fourth-order valence-electron chi connectivity index (χ4n) is 1.34. The number of hydrogen-bond donors (Lipinski definition) is 0. The van der Waals surface area contributed by atoms with Crippen LogP contribution < -0.4 is 0 Å². The molecule has 2 aromatic rings. The van der Waals surface area contributed by atoms with Crippen LogP contribution in [-0.2, 0) is 0 Å². The standard InChI is InChI=1S/C11H7BrO/c12-11-3-1-2-9-6-8(7-13)4-5-10(9)11/h1-7H. The minimum absolute atomic E-state index is 0.714. The minimum atomic E-state index is 0.714. The summed E-state index contributed by atoms with van der Waals surface area (Å²) in [5.74, 6) is 0. The van der Waals surface area contributed by atoms with Gasteiger partial charge in [-0.3, -0.25) is 4.79 Å². The molecule has 0 fully saturated rings. The molecule has 13 heavy (non-hydrogen) atoms. The monoisotopic (exact) mass is 234 g/mol. The van der Waals surface area contributed by atoms with E-state index >= 15 is 0 Å². The molecule has 0 heterocycles. The Hall–Kier alpha value is -1.15. The maximum atomic E-state index is 10.5. The second kappa shape index (κ2) is 3.30. The molecule has 0 bridgehead atoms. The van der Waals surface area contributed by atoms with Gasteiger partial charge in [0.1, 0.15) is 6.29 Å². The molecule has 64 valence electrons. The molecular formula is C11H7BrO. The van der Waals surface area contributed by atoms with Gasteiger partial charge in [-0.25, -0.2) is 0 Å². The molecule has 0 saturated heterocycles. The van der Waals surface area contributed by atoms with E-state index in [-0.39, 0.29) is 0 Å². The molecule has 0 aromatic heterocycles. The number of halogens is 1. The normalized spacial score (nSPS) is 10.2. The highest BCUT2D eigenvalue weighted by Gasteiger charge is 1.98. The zero-order valence-electron chi connectivity index (χ0n) is 6.83. The topological polar surface area (TPSA) is 17.1 Å². The van der Waals surface area contributed by atoms with Crippen LogP contribution in [0.2, 0.25) is 0 Å². The number of hydrogen-bond acceptors (Lipinski definition) is 1. The van der Waals surface area contributed by atoms with Crippen molar-refractivity contribution in [1.29, 1.82) is 0 Å². The van der Waals surface area contributed by atoms with Gasteiger partial charge in [0, 0.05) is 10.0 Å². The molecule has 2 rings (SSSR count). The van der Waals surface area contributed by atoms with Crippen molar-refractivity contribution in [3.63, 3.8) is 0 Å². The molecular weight excluding hydrogens is 228 g/mol. The lowest BCUT2D eigenvalue weighted by Gasteiger charge is -2.00. The van der Waals surface area contributed by atoms with Gasteiger partial charge in [-0.15, -0.1) is 0 Å². The average Bonchev–Trinajstić information content (AvgIpc) is 2.18. The van der Waals surface area contributed by atoms with Gasteiger partial charge in [0.25, 0.3) is 0 Å². The Morgan fingerprint density at radius 2 is 2.00 bits per heavy atom. The van der Waals surface area contributed by atoms with Gasteiger partial charge < -0.3 is 0 Å². The largest absolute Gasteiger partial charge is 0.298 e. The molecule has 2 aromatic carbocycles. The summed E-state index contributed by atoms with van der Waals surface area (Å²) in [7, 11) is 0. The van der Waals surface area contributed by atoms with Crippen molar-refractivity contribution in [1.82, 2.24) is 0 Å². The third kappa shape index (κ3) is 1.49. The lowest BCUT2D eigenvalue weighted by atomic mass is 10.1. The number of benzene rings is 2. The number of carbonyl (C=O) groups excluding carboxylic acids is 1. The Balaban J connectivity index is 2.79. The Morgan fingerprint density at radius 1 is 1.15 bits per heavy atom. The zero-order chi connectivity index (χ0) is 9.26.